The number of unbranched alkanes of at least 4 members (excludes halogenated alkanes) is 7. The average Bonchev–Trinajstić information content (AvgIpc) is 2.35. The smallest absolute Gasteiger partial charge is 0.119 e. The maximum atomic E-state index is 10.1. The van der Waals surface area contributed by atoms with Crippen LogP contribution in [-0.2, 0) is 4.79 Å². The SMILES string of the molecule is CCCC/C=C/CCC/C=C\CCCCC=O. The van der Waals surface area contributed by atoms with Gasteiger partial charge in [-0.15, -0.1) is 0 Å². The number of carbonyl (C=O) groups excluding carboxylic acids is 1. The van der Waals surface area contributed by atoms with Crippen LogP contribution in [0.5, 0.6) is 0 Å². The quantitative estimate of drug-likeness (QED) is 0.258. The summed E-state index contributed by atoms with van der Waals surface area (Å²) in [5.41, 5.74) is 0. The predicted molar refractivity (Wildman–Crippen MR) is 76.2 cm³/mol. The van der Waals surface area contributed by atoms with E-state index in [1.54, 1.807) is 0 Å². The van der Waals surface area contributed by atoms with Crippen molar-refractivity contribution in [3.8, 4) is 0 Å². The lowest BCUT2D eigenvalue weighted by atomic mass is 10.1. The highest BCUT2D eigenvalue weighted by atomic mass is 16.1. The molecule has 0 radical (unpaired) electrons. The van der Waals surface area contributed by atoms with Crippen molar-refractivity contribution in [2.45, 2.75) is 71.1 Å². The monoisotopic (exact) mass is 236 g/mol. The molecule has 0 heterocycles. The van der Waals surface area contributed by atoms with Crippen molar-refractivity contribution in [1.82, 2.24) is 0 Å². The van der Waals surface area contributed by atoms with Gasteiger partial charge in [0.05, 0.1) is 0 Å². The second kappa shape index (κ2) is 15.1. The zero-order valence-electron chi connectivity index (χ0n) is 11.4. The van der Waals surface area contributed by atoms with E-state index in [-0.39, 0.29) is 0 Å². The summed E-state index contributed by atoms with van der Waals surface area (Å²) < 4.78 is 0. The van der Waals surface area contributed by atoms with Gasteiger partial charge in [0.2, 0.25) is 0 Å². The molecule has 0 aromatic heterocycles. The Labute approximate surface area is 107 Å². The molecule has 0 aliphatic heterocycles. The largest absolute Gasteiger partial charge is 0.303 e. The van der Waals surface area contributed by atoms with Gasteiger partial charge in [-0.2, -0.15) is 0 Å². The first-order valence-electron chi connectivity index (χ1n) is 7.15. The summed E-state index contributed by atoms with van der Waals surface area (Å²) in [6.45, 7) is 2.23. The number of carbonyl (C=O) groups is 1. The van der Waals surface area contributed by atoms with Crippen LogP contribution in [0, 0.1) is 0 Å². The van der Waals surface area contributed by atoms with Gasteiger partial charge in [0.15, 0.2) is 0 Å². The van der Waals surface area contributed by atoms with Gasteiger partial charge in [-0.3, -0.25) is 0 Å². The molecule has 0 aromatic rings. The van der Waals surface area contributed by atoms with E-state index in [9.17, 15) is 4.79 Å². The van der Waals surface area contributed by atoms with Crippen molar-refractivity contribution >= 4 is 6.29 Å². The fourth-order valence-electron chi connectivity index (χ4n) is 1.64. The number of rotatable bonds is 12. The summed E-state index contributed by atoms with van der Waals surface area (Å²) in [5.74, 6) is 0. The normalized spacial score (nSPS) is 11.6. The summed E-state index contributed by atoms with van der Waals surface area (Å²) in [4.78, 5) is 10.1. The minimum atomic E-state index is 0.719. The first-order valence-corrected chi connectivity index (χ1v) is 7.15. The lowest BCUT2D eigenvalue weighted by Crippen LogP contribution is -1.76. The average molecular weight is 236 g/mol. The molecule has 1 nitrogen and oxygen atoms in total. The summed E-state index contributed by atoms with van der Waals surface area (Å²) in [7, 11) is 0. The second-order valence-corrected chi connectivity index (χ2v) is 4.47. The topological polar surface area (TPSA) is 17.1 Å². The van der Waals surface area contributed by atoms with Crippen LogP contribution >= 0.6 is 0 Å². The Hall–Kier alpha value is -0.850. The lowest BCUT2D eigenvalue weighted by molar-refractivity contribution is -0.107. The van der Waals surface area contributed by atoms with Crippen LogP contribution in [-0.4, -0.2) is 6.29 Å². The van der Waals surface area contributed by atoms with E-state index in [4.69, 9.17) is 0 Å². The Morgan fingerprint density at radius 1 is 0.647 bits per heavy atom. The highest BCUT2D eigenvalue weighted by molar-refractivity contribution is 5.48. The van der Waals surface area contributed by atoms with Gasteiger partial charge in [0.1, 0.15) is 6.29 Å². The molecule has 0 N–H and O–H groups in total. The first-order chi connectivity index (χ1) is 8.41. The predicted octanol–water partition coefficient (Wildman–Crippen LogP) is 5.22. The van der Waals surface area contributed by atoms with Gasteiger partial charge in [-0.25, -0.2) is 0 Å². The van der Waals surface area contributed by atoms with E-state index < -0.39 is 0 Å². The maximum absolute atomic E-state index is 10.1. The lowest BCUT2D eigenvalue weighted by Gasteiger charge is -1.93. The van der Waals surface area contributed by atoms with Crippen molar-refractivity contribution in [3.05, 3.63) is 24.3 Å². The molecule has 1 heteroatoms. The second-order valence-electron chi connectivity index (χ2n) is 4.47. The standard InChI is InChI=1S/C16H28O/c1-2-3-4-5-6-7-8-9-10-11-12-13-14-15-16-17/h5-6,10-11,16H,2-4,7-9,12-15H2,1H3/b6-5+,11-10-. The summed E-state index contributed by atoms with van der Waals surface area (Å²) in [5, 5.41) is 0. The van der Waals surface area contributed by atoms with Crippen LogP contribution in [0.1, 0.15) is 71.1 Å². The summed E-state index contributed by atoms with van der Waals surface area (Å²) in [6, 6.07) is 0. The first kappa shape index (κ1) is 16.1. The van der Waals surface area contributed by atoms with Crippen molar-refractivity contribution in [1.29, 1.82) is 0 Å². The van der Waals surface area contributed by atoms with E-state index >= 15 is 0 Å². The third kappa shape index (κ3) is 15.1. The molecule has 98 valence electrons. The van der Waals surface area contributed by atoms with Crippen molar-refractivity contribution < 1.29 is 4.79 Å². The van der Waals surface area contributed by atoms with Gasteiger partial charge >= 0.3 is 0 Å². The minimum absolute atomic E-state index is 0.719. The zero-order chi connectivity index (χ0) is 12.6. The summed E-state index contributed by atoms with van der Waals surface area (Å²) >= 11 is 0. The van der Waals surface area contributed by atoms with E-state index in [0.29, 0.717) is 0 Å². The highest BCUT2D eigenvalue weighted by Crippen LogP contribution is 2.03. The molecule has 0 unspecified atom stereocenters. The van der Waals surface area contributed by atoms with E-state index in [2.05, 4.69) is 31.2 Å². The van der Waals surface area contributed by atoms with Crippen LogP contribution in [0.2, 0.25) is 0 Å². The number of hydrogen-bond acceptors (Lipinski definition) is 1. The molecule has 0 atom stereocenters. The molecule has 0 spiro atoms. The molecular weight excluding hydrogens is 208 g/mol. The van der Waals surface area contributed by atoms with Crippen LogP contribution in [0.25, 0.3) is 0 Å². The molecule has 0 saturated heterocycles. The van der Waals surface area contributed by atoms with Gasteiger partial charge in [0, 0.05) is 6.42 Å². The molecular formula is C16H28O. The van der Waals surface area contributed by atoms with E-state index in [0.717, 1.165) is 32.0 Å². The van der Waals surface area contributed by atoms with Crippen molar-refractivity contribution in [3.63, 3.8) is 0 Å². The third-order valence-electron chi connectivity index (χ3n) is 2.74. The Morgan fingerprint density at radius 2 is 1.12 bits per heavy atom. The molecule has 0 rings (SSSR count). The Balaban J connectivity index is 3.13. The molecule has 0 aromatic carbocycles. The van der Waals surface area contributed by atoms with Crippen LogP contribution in [0.3, 0.4) is 0 Å². The fourth-order valence-corrected chi connectivity index (χ4v) is 1.64. The molecule has 0 fully saturated rings. The van der Waals surface area contributed by atoms with Crippen molar-refractivity contribution in [2.24, 2.45) is 0 Å². The van der Waals surface area contributed by atoms with E-state index in [1.807, 2.05) is 0 Å². The molecule has 0 aliphatic carbocycles. The van der Waals surface area contributed by atoms with Crippen LogP contribution in [0.15, 0.2) is 24.3 Å². The maximum Gasteiger partial charge on any atom is 0.119 e. The van der Waals surface area contributed by atoms with Gasteiger partial charge < -0.3 is 4.79 Å². The van der Waals surface area contributed by atoms with Gasteiger partial charge in [0.25, 0.3) is 0 Å². The third-order valence-corrected chi connectivity index (χ3v) is 2.74. The number of hydrogen-bond donors (Lipinski definition) is 0. The van der Waals surface area contributed by atoms with Crippen molar-refractivity contribution in [2.75, 3.05) is 0 Å². The Kier molecular flexibility index (Phi) is 14.4. The molecule has 0 aliphatic rings. The Bertz CT molecular complexity index is 204. The van der Waals surface area contributed by atoms with Gasteiger partial charge in [-0.05, 0) is 44.9 Å². The zero-order valence-corrected chi connectivity index (χ0v) is 11.4. The fraction of sp³-hybridized carbons (Fsp3) is 0.688. The van der Waals surface area contributed by atoms with E-state index in [1.165, 1.54) is 38.5 Å². The number of aldehydes is 1. The highest BCUT2D eigenvalue weighted by Gasteiger charge is 1.85. The molecule has 0 saturated carbocycles. The van der Waals surface area contributed by atoms with Gasteiger partial charge in [-0.1, -0.05) is 44.1 Å². The minimum Gasteiger partial charge on any atom is -0.303 e. The molecule has 0 bridgehead atoms. The Morgan fingerprint density at radius 3 is 1.65 bits per heavy atom. The number of allylic oxidation sites excluding steroid dienone is 4. The molecule has 0 amide bonds. The molecule has 17 heavy (non-hydrogen) atoms. The summed E-state index contributed by atoms with van der Waals surface area (Å²) in [6.07, 6.45) is 21.7. The van der Waals surface area contributed by atoms with Crippen LogP contribution in [0.4, 0.5) is 0 Å². The van der Waals surface area contributed by atoms with Crippen LogP contribution < -0.4 is 0 Å².